The molecule has 25 heavy (non-hydrogen) atoms. The van der Waals surface area contributed by atoms with E-state index in [-0.39, 0.29) is 5.56 Å². The highest BCUT2D eigenvalue weighted by atomic mass is 35.5. The Balaban J connectivity index is 1.93. The summed E-state index contributed by atoms with van der Waals surface area (Å²) in [4.78, 5) is 13.5. The van der Waals surface area contributed by atoms with Gasteiger partial charge in [0.25, 0.3) is 5.56 Å². The monoisotopic (exact) mass is 389 g/mol. The molecule has 0 atom stereocenters. The molecule has 0 bridgehead atoms. The second kappa shape index (κ2) is 6.26. The molecule has 0 aliphatic rings. The van der Waals surface area contributed by atoms with Crippen LogP contribution in [-0.4, -0.2) is 9.13 Å². The summed E-state index contributed by atoms with van der Waals surface area (Å²) < 4.78 is 3.63. The Kier molecular flexibility index (Phi) is 4.07. The van der Waals surface area contributed by atoms with E-state index in [1.165, 1.54) is 0 Å². The lowest BCUT2D eigenvalue weighted by Crippen LogP contribution is -2.19. The molecule has 0 amide bonds. The largest absolute Gasteiger partial charge is 0.399 e. The van der Waals surface area contributed by atoms with Crippen LogP contribution in [0.4, 0.5) is 5.69 Å². The molecule has 4 aromatic rings. The Bertz CT molecular complexity index is 1110. The van der Waals surface area contributed by atoms with E-state index in [1.54, 1.807) is 40.2 Å². The van der Waals surface area contributed by atoms with Crippen LogP contribution in [-0.2, 0) is 6.54 Å². The normalized spacial score (nSPS) is 11.3. The Morgan fingerprint density at radius 3 is 2.48 bits per heavy atom. The summed E-state index contributed by atoms with van der Waals surface area (Å²) >= 11 is 14.3. The van der Waals surface area contributed by atoms with Crippen LogP contribution in [0.5, 0.6) is 0 Å². The van der Waals surface area contributed by atoms with E-state index < -0.39 is 0 Å². The number of benzene rings is 1. The van der Waals surface area contributed by atoms with Gasteiger partial charge in [-0.3, -0.25) is 4.79 Å². The topological polar surface area (TPSA) is 52.9 Å². The van der Waals surface area contributed by atoms with Gasteiger partial charge in [-0.2, -0.15) is 0 Å². The molecule has 0 aliphatic heterocycles. The maximum atomic E-state index is 12.4. The molecule has 0 fully saturated rings. The summed E-state index contributed by atoms with van der Waals surface area (Å²) in [6, 6.07) is 12.6. The highest BCUT2D eigenvalue weighted by Crippen LogP contribution is 2.33. The molecule has 0 saturated heterocycles. The van der Waals surface area contributed by atoms with Crippen molar-refractivity contribution >= 4 is 51.3 Å². The molecular weight excluding hydrogens is 377 g/mol. The van der Waals surface area contributed by atoms with E-state index >= 15 is 0 Å². The maximum absolute atomic E-state index is 12.4. The van der Waals surface area contributed by atoms with E-state index in [0.29, 0.717) is 28.0 Å². The number of pyridine rings is 1. The summed E-state index contributed by atoms with van der Waals surface area (Å²) in [5, 5.41) is 2.91. The predicted octanol–water partition coefficient (Wildman–Crippen LogP) is 4.79. The zero-order valence-electron chi connectivity index (χ0n) is 12.9. The van der Waals surface area contributed by atoms with E-state index in [9.17, 15) is 4.79 Å². The van der Waals surface area contributed by atoms with Crippen LogP contribution in [0.15, 0.2) is 58.8 Å². The smallest absolute Gasteiger partial charge is 0.251 e. The first kappa shape index (κ1) is 16.3. The fourth-order valence-corrected chi connectivity index (χ4v) is 4.30. The molecule has 0 aliphatic carbocycles. The van der Waals surface area contributed by atoms with Crippen LogP contribution in [0, 0.1) is 0 Å². The van der Waals surface area contributed by atoms with Gasteiger partial charge in [-0.25, -0.2) is 0 Å². The number of halogens is 2. The van der Waals surface area contributed by atoms with Crippen LogP contribution < -0.4 is 11.3 Å². The molecule has 0 unspecified atom stereocenters. The number of thiophene rings is 1. The van der Waals surface area contributed by atoms with E-state index in [0.717, 1.165) is 15.9 Å². The van der Waals surface area contributed by atoms with Crippen LogP contribution in [0.3, 0.4) is 0 Å². The summed E-state index contributed by atoms with van der Waals surface area (Å²) in [5.74, 6) is 0. The third kappa shape index (κ3) is 2.84. The van der Waals surface area contributed by atoms with Crippen molar-refractivity contribution in [3.05, 3.63) is 79.3 Å². The summed E-state index contributed by atoms with van der Waals surface area (Å²) in [7, 11) is 0. The van der Waals surface area contributed by atoms with Crippen molar-refractivity contribution in [1.82, 2.24) is 9.13 Å². The summed E-state index contributed by atoms with van der Waals surface area (Å²) in [5.41, 5.74) is 8.57. The van der Waals surface area contributed by atoms with Crippen molar-refractivity contribution in [2.75, 3.05) is 5.73 Å². The van der Waals surface area contributed by atoms with Gasteiger partial charge in [0.15, 0.2) is 0 Å². The Labute approximate surface area is 157 Å². The van der Waals surface area contributed by atoms with Crippen molar-refractivity contribution in [3.8, 4) is 5.69 Å². The van der Waals surface area contributed by atoms with Crippen molar-refractivity contribution in [1.29, 1.82) is 0 Å². The molecule has 0 saturated carbocycles. The minimum absolute atomic E-state index is 0.0480. The number of hydrogen-bond donors (Lipinski definition) is 1. The number of nitrogens with two attached hydrogens (primary N) is 1. The second-order valence-corrected chi connectivity index (χ2v) is 7.47. The minimum Gasteiger partial charge on any atom is -0.399 e. The molecular formula is C18H13Cl2N3OS. The van der Waals surface area contributed by atoms with E-state index in [4.69, 9.17) is 28.9 Å². The summed E-state index contributed by atoms with van der Waals surface area (Å²) in [6.07, 6.45) is 1.86. The molecule has 2 N–H and O–H groups in total. The first-order chi connectivity index (χ1) is 12.0. The molecule has 4 rings (SSSR count). The molecule has 0 radical (unpaired) electrons. The molecule has 7 heteroatoms. The standard InChI is InChI=1S/C18H13Cl2N3OS/c19-13-8-11(21)9-14(20)18(13)22-6-5-16-15(22)3-4-17(24)23(16)10-12-2-1-7-25-12/h1-9H,10,21H2. The van der Waals surface area contributed by atoms with Gasteiger partial charge in [0.1, 0.15) is 0 Å². The van der Waals surface area contributed by atoms with Gasteiger partial charge in [-0.05, 0) is 35.7 Å². The maximum Gasteiger partial charge on any atom is 0.251 e. The van der Waals surface area contributed by atoms with Crippen LogP contribution in [0.2, 0.25) is 10.0 Å². The number of rotatable bonds is 3. The van der Waals surface area contributed by atoms with Gasteiger partial charge >= 0.3 is 0 Å². The minimum atomic E-state index is -0.0480. The lowest BCUT2D eigenvalue weighted by Gasteiger charge is -2.12. The fourth-order valence-electron chi connectivity index (χ4n) is 2.92. The third-order valence-corrected chi connectivity index (χ3v) is 5.46. The lowest BCUT2D eigenvalue weighted by molar-refractivity contribution is 0.807. The zero-order chi connectivity index (χ0) is 17.6. The lowest BCUT2D eigenvalue weighted by atomic mass is 10.2. The van der Waals surface area contributed by atoms with Gasteiger partial charge < -0.3 is 14.9 Å². The van der Waals surface area contributed by atoms with Gasteiger partial charge in [-0.1, -0.05) is 29.3 Å². The van der Waals surface area contributed by atoms with Gasteiger partial charge in [-0.15, -0.1) is 11.3 Å². The van der Waals surface area contributed by atoms with Crippen molar-refractivity contribution < 1.29 is 0 Å². The molecule has 0 spiro atoms. The Morgan fingerprint density at radius 1 is 1.04 bits per heavy atom. The predicted molar refractivity (Wildman–Crippen MR) is 105 cm³/mol. The quantitative estimate of drug-likeness (QED) is 0.512. The highest BCUT2D eigenvalue weighted by molar-refractivity contribution is 7.09. The molecule has 3 heterocycles. The third-order valence-electron chi connectivity index (χ3n) is 4.02. The van der Waals surface area contributed by atoms with Crippen LogP contribution in [0.25, 0.3) is 16.7 Å². The number of hydrogen-bond acceptors (Lipinski definition) is 3. The molecule has 4 nitrogen and oxygen atoms in total. The average molecular weight is 390 g/mol. The van der Waals surface area contributed by atoms with E-state index in [2.05, 4.69) is 0 Å². The van der Waals surface area contributed by atoms with Crippen molar-refractivity contribution in [2.24, 2.45) is 0 Å². The molecule has 126 valence electrons. The van der Waals surface area contributed by atoms with Gasteiger partial charge in [0.2, 0.25) is 0 Å². The number of nitrogens with zero attached hydrogens (tertiary/aromatic N) is 2. The van der Waals surface area contributed by atoms with E-state index in [1.807, 2.05) is 34.3 Å². The highest BCUT2D eigenvalue weighted by Gasteiger charge is 2.14. The fraction of sp³-hybridized carbons (Fsp3) is 0.0556. The number of aromatic nitrogens is 2. The number of fused-ring (bicyclic) bond motifs is 1. The van der Waals surface area contributed by atoms with Crippen molar-refractivity contribution in [3.63, 3.8) is 0 Å². The Hall–Kier alpha value is -2.21. The number of anilines is 1. The first-order valence-corrected chi connectivity index (χ1v) is 9.16. The van der Waals surface area contributed by atoms with Crippen LogP contribution in [0.1, 0.15) is 4.88 Å². The second-order valence-electron chi connectivity index (χ2n) is 5.63. The van der Waals surface area contributed by atoms with Crippen molar-refractivity contribution in [2.45, 2.75) is 6.54 Å². The zero-order valence-corrected chi connectivity index (χ0v) is 15.3. The van der Waals surface area contributed by atoms with Gasteiger partial charge in [0.05, 0.1) is 33.3 Å². The molecule has 1 aromatic carbocycles. The number of nitrogen functional groups attached to an aromatic ring is 1. The first-order valence-electron chi connectivity index (χ1n) is 7.53. The van der Waals surface area contributed by atoms with Crippen LogP contribution >= 0.6 is 34.5 Å². The van der Waals surface area contributed by atoms with Gasteiger partial charge in [0, 0.05) is 22.8 Å². The molecule has 3 aromatic heterocycles. The average Bonchev–Trinajstić information content (AvgIpc) is 3.19. The SMILES string of the molecule is Nc1cc(Cl)c(-n2ccc3c2ccc(=O)n3Cc2cccs2)c(Cl)c1. The Morgan fingerprint density at radius 2 is 1.80 bits per heavy atom. The summed E-state index contributed by atoms with van der Waals surface area (Å²) in [6.45, 7) is 0.529.